The van der Waals surface area contributed by atoms with Crippen molar-refractivity contribution in [3.8, 4) is 0 Å². The van der Waals surface area contributed by atoms with Crippen LogP contribution in [-0.2, 0) is 0 Å². The van der Waals surface area contributed by atoms with Crippen molar-refractivity contribution in [3.63, 3.8) is 0 Å². The first-order valence-electron chi connectivity index (χ1n) is 3.80. The molecule has 3 heteroatoms. The van der Waals surface area contributed by atoms with Gasteiger partial charge in [-0.05, 0) is 30.7 Å². The molecule has 0 aromatic heterocycles. The van der Waals surface area contributed by atoms with Gasteiger partial charge in [0.1, 0.15) is 0 Å². The molecule has 0 spiro atoms. The lowest BCUT2D eigenvalue weighted by Crippen LogP contribution is -2.02. The number of benzene rings is 1. The van der Waals surface area contributed by atoms with E-state index in [1.165, 1.54) is 0 Å². The van der Waals surface area contributed by atoms with Crippen LogP contribution < -0.4 is 5.32 Å². The van der Waals surface area contributed by atoms with Gasteiger partial charge in [-0.2, -0.15) is 0 Å². The van der Waals surface area contributed by atoms with Gasteiger partial charge >= 0.3 is 0 Å². The van der Waals surface area contributed by atoms with Crippen LogP contribution in [0.5, 0.6) is 0 Å². The molecule has 0 unspecified atom stereocenters. The standard InChI is InChI=1S/C9H11Cl2N/c1-7-6-8(12-5-4-10)2-3-9(7)11/h2-3,6,12H,4-5H2,1H3. The van der Waals surface area contributed by atoms with Crippen LogP contribution in [0, 0.1) is 6.92 Å². The first-order chi connectivity index (χ1) is 5.74. The molecular formula is C9H11Cl2N. The number of hydrogen-bond donors (Lipinski definition) is 1. The van der Waals surface area contributed by atoms with Crippen molar-refractivity contribution < 1.29 is 0 Å². The Morgan fingerprint density at radius 2 is 2.17 bits per heavy atom. The van der Waals surface area contributed by atoms with Gasteiger partial charge in [-0.25, -0.2) is 0 Å². The topological polar surface area (TPSA) is 12.0 Å². The van der Waals surface area contributed by atoms with E-state index in [0.29, 0.717) is 5.88 Å². The maximum atomic E-state index is 5.86. The predicted molar refractivity (Wildman–Crippen MR) is 55.4 cm³/mol. The second kappa shape index (κ2) is 4.58. The molecule has 0 amide bonds. The Morgan fingerprint density at radius 1 is 1.42 bits per heavy atom. The quantitative estimate of drug-likeness (QED) is 0.745. The van der Waals surface area contributed by atoms with Crippen LogP contribution >= 0.6 is 23.2 Å². The highest BCUT2D eigenvalue weighted by Gasteiger charge is 1.95. The van der Waals surface area contributed by atoms with Crippen LogP contribution in [-0.4, -0.2) is 12.4 Å². The number of nitrogens with one attached hydrogen (secondary N) is 1. The summed E-state index contributed by atoms with van der Waals surface area (Å²) in [5.41, 5.74) is 2.15. The van der Waals surface area contributed by atoms with Crippen molar-refractivity contribution in [2.45, 2.75) is 6.92 Å². The molecule has 0 aliphatic rings. The normalized spacial score (nSPS) is 9.92. The number of halogens is 2. The molecule has 1 rings (SSSR count). The van der Waals surface area contributed by atoms with E-state index >= 15 is 0 Å². The lowest BCUT2D eigenvalue weighted by Gasteiger charge is -2.05. The fourth-order valence-corrected chi connectivity index (χ4v) is 1.16. The zero-order valence-electron chi connectivity index (χ0n) is 6.90. The lowest BCUT2D eigenvalue weighted by molar-refractivity contribution is 1.22. The molecule has 1 aromatic carbocycles. The average molecular weight is 204 g/mol. The van der Waals surface area contributed by atoms with E-state index in [2.05, 4.69) is 5.32 Å². The molecule has 0 heterocycles. The van der Waals surface area contributed by atoms with Gasteiger partial charge in [-0.3, -0.25) is 0 Å². The van der Waals surface area contributed by atoms with E-state index < -0.39 is 0 Å². The summed E-state index contributed by atoms with van der Waals surface area (Å²) >= 11 is 11.4. The lowest BCUT2D eigenvalue weighted by atomic mass is 10.2. The summed E-state index contributed by atoms with van der Waals surface area (Å²) in [7, 11) is 0. The Morgan fingerprint density at radius 3 is 2.75 bits per heavy atom. The van der Waals surface area contributed by atoms with Crippen LogP contribution in [0.3, 0.4) is 0 Å². The molecule has 0 bridgehead atoms. The van der Waals surface area contributed by atoms with Gasteiger partial charge in [0.25, 0.3) is 0 Å². The molecule has 0 aliphatic carbocycles. The molecule has 0 saturated carbocycles. The second-order valence-corrected chi connectivity index (χ2v) is 3.36. The van der Waals surface area contributed by atoms with Crippen LogP contribution in [0.1, 0.15) is 5.56 Å². The highest BCUT2D eigenvalue weighted by atomic mass is 35.5. The summed E-state index contributed by atoms with van der Waals surface area (Å²) in [6, 6.07) is 5.84. The summed E-state index contributed by atoms with van der Waals surface area (Å²) in [6.07, 6.45) is 0. The summed E-state index contributed by atoms with van der Waals surface area (Å²) in [4.78, 5) is 0. The first kappa shape index (κ1) is 9.69. The largest absolute Gasteiger partial charge is 0.384 e. The minimum Gasteiger partial charge on any atom is -0.384 e. The second-order valence-electron chi connectivity index (χ2n) is 2.58. The molecule has 0 fully saturated rings. The van der Waals surface area contributed by atoms with Gasteiger partial charge in [0.05, 0.1) is 0 Å². The van der Waals surface area contributed by atoms with E-state index in [4.69, 9.17) is 23.2 Å². The Kier molecular flexibility index (Phi) is 3.70. The fourth-order valence-electron chi connectivity index (χ4n) is 0.946. The summed E-state index contributed by atoms with van der Waals surface area (Å²) in [5, 5.41) is 3.97. The molecule has 0 atom stereocenters. The van der Waals surface area contributed by atoms with Crippen molar-refractivity contribution in [2.75, 3.05) is 17.7 Å². The molecule has 1 aromatic rings. The van der Waals surface area contributed by atoms with E-state index in [0.717, 1.165) is 22.8 Å². The van der Waals surface area contributed by atoms with Crippen LogP contribution in [0.2, 0.25) is 5.02 Å². The van der Waals surface area contributed by atoms with Crippen LogP contribution in [0.4, 0.5) is 5.69 Å². The summed E-state index contributed by atoms with van der Waals surface area (Å²) < 4.78 is 0. The zero-order chi connectivity index (χ0) is 8.97. The van der Waals surface area contributed by atoms with Crippen LogP contribution in [0.25, 0.3) is 0 Å². The minimum absolute atomic E-state index is 0.613. The third-order valence-corrected chi connectivity index (χ3v) is 2.19. The third kappa shape index (κ3) is 2.58. The molecule has 0 saturated heterocycles. The highest BCUT2D eigenvalue weighted by Crippen LogP contribution is 2.18. The number of anilines is 1. The molecule has 1 nitrogen and oxygen atoms in total. The van der Waals surface area contributed by atoms with Gasteiger partial charge in [0.2, 0.25) is 0 Å². The van der Waals surface area contributed by atoms with Gasteiger partial charge in [0.15, 0.2) is 0 Å². The summed E-state index contributed by atoms with van der Waals surface area (Å²) in [6.45, 7) is 2.76. The van der Waals surface area contributed by atoms with Gasteiger partial charge in [-0.1, -0.05) is 11.6 Å². The monoisotopic (exact) mass is 203 g/mol. The molecular weight excluding hydrogens is 193 g/mol. The van der Waals surface area contributed by atoms with Crippen molar-refractivity contribution >= 4 is 28.9 Å². The molecule has 12 heavy (non-hydrogen) atoms. The van der Waals surface area contributed by atoms with E-state index in [9.17, 15) is 0 Å². The molecule has 66 valence electrons. The predicted octanol–water partition coefficient (Wildman–Crippen LogP) is 3.30. The van der Waals surface area contributed by atoms with E-state index in [1.807, 2.05) is 25.1 Å². The average Bonchev–Trinajstić information content (AvgIpc) is 2.07. The van der Waals surface area contributed by atoms with E-state index in [-0.39, 0.29) is 0 Å². The molecule has 1 N–H and O–H groups in total. The maximum Gasteiger partial charge on any atom is 0.0436 e. The van der Waals surface area contributed by atoms with Gasteiger partial charge < -0.3 is 5.32 Å². The van der Waals surface area contributed by atoms with Gasteiger partial charge in [0, 0.05) is 23.1 Å². The SMILES string of the molecule is Cc1cc(NCCCl)ccc1Cl. The van der Waals surface area contributed by atoms with Crippen molar-refractivity contribution in [3.05, 3.63) is 28.8 Å². The van der Waals surface area contributed by atoms with Crippen LogP contribution in [0.15, 0.2) is 18.2 Å². The Hall–Kier alpha value is -0.400. The van der Waals surface area contributed by atoms with Crippen molar-refractivity contribution in [1.82, 2.24) is 0 Å². The number of alkyl halides is 1. The minimum atomic E-state index is 0.613. The highest BCUT2D eigenvalue weighted by molar-refractivity contribution is 6.31. The first-order valence-corrected chi connectivity index (χ1v) is 4.71. The smallest absolute Gasteiger partial charge is 0.0436 e. The molecule has 0 radical (unpaired) electrons. The maximum absolute atomic E-state index is 5.86. The Balaban J connectivity index is 2.69. The Labute approximate surface area is 82.7 Å². The number of aryl methyl sites for hydroxylation is 1. The Bertz CT molecular complexity index is 261. The molecule has 0 aliphatic heterocycles. The zero-order valence-corrected chi connectivity index (χ0v) is 8.41. The number of rotatable bonds is 3. The number of hydrogen-bond acceptors (Lipinski definition) is 1. The van der Waals surface area contributed by atoms with Gasteiger partial charge in [-0.15, -0.1) is 11.6 Å². The summed E-state index contributed by atoms with van der Waals surface area (Å²) in [5.74, 6) is 0.613. The van der Waals surface area contributed by atoms with Crippen molar-refractivity contribution in [2.24, 2.45) is 0 Å². The fraction of sp³-hybridized carbons (Fsp3) is 0.333. The third-order valence-electron chi connectivity index (χ3n) is 1.58. The van der Waals surface area contributed by atoms with Crippen molar-refractivity contribution in [1.29, 1.82) is 0 Å². The van der Waals surface area contributed by atoms with E-state index in [1.54, 1.807) is 0 Å².